The quantitative estimate of drug-likeness (QED) is 0.114. The fraction of sp³-hybridized carbons (Fsp3) is 0.286. The summed E-state index contributed by atoms with van der Waals surface area (Å²) in [5.41, 5.74) is 15.5. The van der Waals surface area contributed by atoms with Crippen molar-refractivity contribution in [3.63, 3.8) is 0 Å². The van der Waals surface area contributed by atoms with Crippen molar-refractivity contribution >= 4 is 38.9 Å². The molecule has 0 atom stereocenters. The van der Waals surface area contributed by atoms with Crippen LogP contribution in [0.25, 0.3) is 33.3 Å². The van der Waals surface area contributed by atoms with Gasteiger partial charge in [-0.05, 0) is 109 Å². The van der Waals surface area contributed by atoms with Crippen LogP contribution in [0.1, 0.15) is 159 Å². The molecule has 3 heterocycles. The minimum atomic E-state index is -0.401. The molecule has 0 spiro atoms. The summed E-state index contributed by atoms with van der Waals surface area (Å²) in [6, 6.07) is 64.9. The summed E-state index contributed by atoms with van der Waals surface area (Å²) in [6.45, 7) is 34.2. The molecule has 6 heteroatoms. The number of benzene rings is 7. The molecule has 0 saturated carbocycles. The van der Waals surface area contributed by atoms with Crippen LogP contribution >= 0.6 is 0 Å². The van der Waals surface area contributed by atoms with Gasteiger partial charge in [-0.2, -0.15) is 6.07 Å². The summed E-state index contributed by atoms with van der Waals surface area (Å²) >= 11 is 0. The topological polar surface area (TPSA) is 33.5 Å². The van der Waals surface area contributed by atoms with Gasteiger partial charge >= 0.3 is 0 Å². The number of nitrogens with zero attached hydrogens (tertiary/aromatic N) is 4. The van der Waals surface area contributed by atoms with Gasteiger partial charge in [0.1, 0.15) is 5.82 Å². The maximum Gasteiger partial charge on any atom is 0.135 e. The molecule has 0 amide bonds. The van der Waals surface area contributed by atoms with Gasteiger partial charge in [0.2, 0.25) is 0 Å². The summed E-state index contributed by atoms with van der Waals surface area (Å²) in [5.74, 6) is 2.61. The first-order chi connectivity index (χ1) is 35.6. The van der Waals surface area contributed by atoms with Crippen LogP contribution in [0.4, 0.5) is 11.4 Å². The first-order valence-corrected chi connectivity index (χ1v) is 26.8. The van der Waals surface area contributed by atoms with E-state index in [9.17, 15) is 0 Å². The van der Waals surface area contributed by atoms with Gasteiger partial charge in [-0.25, -0.2) is 4.98 Å². The van der Waals surface area contributed by atoms with E-state index in [1.165, 1.54) is 44.5 Å². The van der Waals surface area contributed by atoms with Gasteiger partial charge in [-0.3, -0.25) is 0 Å². The van der Waals surface area contributed by atoms with E-state index in [-0.39, 0.29) is 37.3 Å². The summed E-state index contributed by atoms with van der Waals surface area (Å²) in [4.78, 5) is 9.70. The molecule has 7 aromatic carbocycles. The zero-order valence-corrected chi connectivity index (χ0v) is 49.2. The van der Waals surface area contributed by atoms with Gasteiger partial charge in [0.05, 0.1) is 0 Å². The molecule has 5 nitrogen and oxygen atoms in total. The minimum absolute atomic E-state index is 0. The number of anilines is 2. The number of hydrogen-bond donors (Lipinski definition) is 0. The first-order valence-electron chi connectivity index (χ1n) is 26.8. The van der Waals surface area contributed by atoms with Crippen molar-refractivity contribution < 1.29 is 25.8 Å². The van der Waals surface area contributed by atoms with E-state index in [0.717, 1.165) is 50.3 Å². The van der Waals surface area contributed by atoms with Crippen LogP contribution in [-0.4, -0.2) is 9.55 Å². The molecule has 9 aromatic rings. The second kappa shape index (κ2) is 20.7. The molecule has 0 fully saturated rings. The number of rotatable bonds is 12. The van der Waals surface area contributed by atoms with E-state index < -0.39 is 5.41 Å². The van der Waals surface area contributed by atoms with Gasteiger partial charge in [0.25, 0.3) is 0 Å². The van der Waals surface area contributed by atoms with Crippen LogP contribution in [0.3, 0.4) is 0 Å². The predicted octanol–water partition coefficient (Wildman–Crippen LogP) is 18.5. The maximum atomic E-state index is 7.17. The third-order valence-corrected chi connectivity index (χ3v) is 15.6. The van der Waals surface area contributed by atoms with Crippen molar-refractivity contribution in [3.8, 4) is 17.3 Å². The zero-order valence-electron chi connectivity index (χ0n) is 46.9. The fourth-order valence-electron chi connectivity index (χ4n) is 10.8. The monoisotopic (exact) mass is 1180 g/mol. The van der Waals surface area contributed by atoms with E-state index in [1.54, 1.807) is 0 Å². The Morgan fingerprint density at radius 2 is 1.11 bits per heavy atom. The Labute approximate surface area is 467 Å². The van der Waals surface area contributed by atoms with E-state index in [1.807, 2.05) is 6.20 Å². The SMILES string of the molecule is CC(C)c1cccc(C(C)C)c1C1=CN(c2cccc(C(C)(C)C)c2)[CH-]N1c1[c-]c(Oc2[c-]c3c(cc2)c2cc(C(C)(C)C)ccc2n3-c2cc(C(C)(C)c3ccccc3)ccn2)cc(C(C)(C)c2ccccc2)c1.[Pt]. The number of hydrogen-bond acceptors (Lipinski definition) is 4. The molecule has 10 rings (SSSR count). The van der Waals surface area contributed by atoms with Crippen LogP contribution in [0.15, 0.2) is 170 Å². The maximum absolute atomic E-state index is 7.17. The third-order valence-electron chi connectivity index (χ3n) is 15.6. The van der Waals surface area contributed by atoms with Crippen molar-refractivity contribution in [2.24, 2.45) is 0 Å². The summed E-state index contributed by atoms with van der Waals surface area (Å²) < 4.78 is 9.43. The number of fused-ring (bicyclic) bond motifs is 3. The van der Waals surface area contributed by atoms with Crippen molar-refractivity contribution in [1.82, 2.24) is 9.55 Å². The Morgan fingerprint density at radius 3 is 1.72 bits per heavy atom. The second-order valence-electron chi connectivity index (χ2n) is 24.3. The number of pyridine rings is 1. The number of aromatic nitrogens is 2. The molecule has 2 aromatic heterocycles. The number of ether oxygens (including phenoxy) is 1. The van der Waals surface area contributed by atoms with Crippen LogP contribution in [0.2, 0.25) is 0 Å². The molecule has 0 N–H and O–H groups in total. The molecule has 0 bridgehead atoms. The van der Waals surface area contributed by atoms with Crippen LogP contribution in [0.5, 0.6) is 11.5 Å². The predicted molar refractivity (Wildman–Crippen MR) is 316 cm³/mol. The van der Waals surface area contributed by atoms with E-state index in [0.29, 0.717) is 23.3 Å². The van der Waals surface area contributed by atoms with Gasteiger partial charge in [-0.15, -0.1) is 53.6 Å². The Kier molecular flexibility index (Phi) is 14.7. The molecule has 1 aliphatic heterocycles. The van der Waals surface area contributed by atoms with E-state index >= 15 is 0 Å². The van der Waals surface area contributed by atoms with Gasteiger partial charge < -0.3 is 19.1 Å². The normalized spacial score (nSPS) is 13.5. The Hall–Kier alpha value is -6.68. The zero-order chi connectivity index (χ0) is 53.2. The third kappa shape index (κ3) is 10.3. The minimum Gasteiger partial charge on any atom is -0.509 e. The summed E-state index contributed by atoms with van der Waals surface area (Å²) in [5, 5.41) is 2.24. The molecular weight excluding hydrogens is 1110 g/mol. The summed E-state index contributed by atoms with van der Waals surface area (Å²) in [6.07, 6.45) is 4.26. The van der Waals surface area contributed by atoms with Crippen molar-refractivity contribution in [2.75, 3.05) is 9.80 Å². The molecule has 392 valence electrons. The average Bonchev–Trinajstić information content (AvgIpc) is 4.01. The van der Waals surface area contributed by atoms with Gasteiger partial charge in [-0.1, -0.05) is 206 Å². The van der Waals surface area contributed by atoms with E-state index in [2.05, 4.69) is 294 Å². The molecule has 0 aliphatic carbocycles. The van der Waals surface area contributed by atoms with Crippen molar-refractivity contribution in [2.45, 2.75) is 130 Å². The van der Waals surface area contributed by atoms with Crippen molar-refractivity contribution in [1.29, 1.82) is 0 Å². The largest absolute Gasteiger partial charge is 0.509 e. The van der Waals surface area contributed by atoms with Gasteiger partial charge in [0, 0.05) is 66.6 Å². The smallest absolute Gasteiger partial charge is 0.135 e. The molecule has 76 heavy (non-hydrogen) atoms. The molecule has 0 unspecified atom stereocenters. The summed E-state index contributed by atoms with van der Waals surface area (Å²) in [7, 11) is 0. The molecule has 0 radical (unpaired) electrons. The molecular formula is C70H73N4OPt-3. The fourth-order valence-corrected chi connectivity index (χ4v) is 10.8. The Morgan fingerprint density at radius 1 is 0.513 bits per heavy atom. The first kappa shape index (κ1) is 54.1. The van der Waals surface area contributed by atoms with Crippen LogP contribution in [-0.2, 0) is 42.7 Å². The standard InChI is InChI=1S/C70H73N4O.Pt/c1-46(2)58-29-22-30-59(47(3)4)66(58)64-44-72(54-28-21-27-50(37-54)67(5,6)7)45-73(64)55-38-53(70(13,14)49-25-19-16-20-26-49)39-57(42-55)75-56-32-33-60-61-40-51(68(8,9)10)31-34-62(61)74(63(60)43-56)65-41-52(35-36-71-65)69(11,12)48-23-17-15-18-24-48;/h15-41,44-47H,1-14H3;/q-3;. The Bertz CT molecular complexity index is 3560. The van der Waals surface area contributed by atoms with Crippen LogP contribution in [0, 0.1) is 18.8 Å². The second-order valence-corrected chi connectivity index (χ2v) is 24.3. The average molecular weight is 1180 g/mol. The molecule has 1 aliphatic rings. The van der Waals surface area contributed by atoms with Crippen LogP contribution < -0.4 is 14.5 Å². The molecule has 0 saturated heterocycles. The Balaban J connectivity index is 0.00000706. The van der Waals surface area contributed by atoms with Gasteiger partial charge in [0.15, 0.2) is 0 Å². The van der Waals surface area contributed by atoms with E-state index in [4.69, 9.17) is 9.72 Å². The van der Waals surface area contributed by atoms with Crippen molar-refractivity contribution in [3.05, 3.63) is 239 Å².